The van der Waals surface area contributed by atoms with Crippen molar-refractivity contribution in [3.05, 3.63) is 29.0 Å². The van der Waals surface area contributed by atoms with Crippen LogP contribution in [0.2, 0.25) is 0 Å². The van der Waals surface area contributed by atoms with Crippen LogP contribution in [0, 0.1) is 0 Å². The predicted octanol–water partition coefficient (Wildman–Crippen LogP) is 0.843. The molecule has 2 N–H and O–H groups in total. The Bertz CT molecular complexity index is 610. The van der Waals surface area contributed by atoms with Crippen molar-refractivity contribution in [3.8, 4) is 0 Å². The SMILES string of the molecule is CCNc1ncc(S(=O)(=O)NCc2nccs2)cn1. The summed E-state index contributed by atoms with van der Waals surface area (Å²) in [5.41, 5.74) is 0. The molecule has 0 aromatic carbocycles. The molecule has 0 fully saturated rings. The molecule has 0 saturated carbocycles. The quantitative estimate of drug-likeness (QED) is 0.820. The third-order valence-electron chi connectivity index (χ3n) is 2.17. The number of anilines is 1. The summed E-state index contributed by atoms with van der Waals surface area (Å²) in [6.07, 6.45) is 4.17. The lowest BCUT2D eigenvalue weighted by molar-refractivity contribution is 0.580. The molecule has 0 atom stereocenters. The Kier molecular flexibility index (Phi) is 4.40. The van der Waals surface area contributed by atoms with Gasteiger partial charge in [0.1, 0.15) is 9.90 Å². The fraction of sp³-hybridized carbons (Fsp3) is 0.300. The maximum atomic E-state index is 12.0. The van der Waals surface area contributed by atoms with Crippen molar-refractivity contribution < 1.29 is 8.42 Å². The summed E-state index contributed by atoms with van der Waals surface area (Å²) >= 11 is 1.39. The number of sulfonamides is 1. The number of hydrogen-bond donors (Lipinski definition) is 2. The highest BCUT2D eigenvalue weighted by Gasteiger charge is 2.15. The van der Waals surface area contributed by atoms with Gasteiger partial charge in [-0.15, -0.1) is 11.3 Å². The molecule has 7 nitrogen and oxygen atoms in total. The number of hydrogen-bond acceptors (Lipinski definition) is 7. The van der Waals surface area contributed by atoms with Gasteiger partial charge in [-0.1, -0.05) is 0 Å². The second kappa shape index (κ2) is 6.04. The summed E-state index contributed by atoms with van der Waals surface area (Å²) in [5.74, 6) is 0.404. The van der Waals surface area contributed by atoms with Gasteiger partial charge in [-0.05, 0) is 6.92 Å². The number of aromatic nitrogens is 3. The van der Waals surface area contributed by atoms with Crippen molar-refractivity contribution in [2.45, 2.75) is 18.4 Å². The normalized spacial score (nSPS) is 11.4. The van der Waals surface area contributed by atoms with Crippen LogP contribution < -0.4 is 10.0 Å². The minimum atomic E-state index is -3.60. The molecule has 2 rings (SSSR count). The topological polar surface area (TPSA) is 96.9 Å². The predicted molar refractivity (Wildman–Crippen MR) is 72.3 cm³/mol. The van der Waals surface area contributed by atoms with E-state index in [-0.39, 0.29) is 11.4 Å². The number of rotatable bonds is 6. The van der Waals surface area contributed by atoms with Crippen LogP contribution in [0.3, 0.4) is 0 Å². The van der Waals surface area contributed by atoms with Crippen LogP contribution in [0.25, 0.3) is 0 Å². The molecule has 0 amide bonds. The second-order valence-corrected chi connectivity index (χ2v) is 6.27. The molecule has 2 aromatic rings. The minimum absolute atomic E-state index is 0.0331. The molecule has 0 aliphatic heterocycles. The summed E-state index contributed by atoms with van der Waals surface area (Å²) in [6, 6.07) is 0. The number of nitrogens with zero attached hydrogens (tertiary/aromatic N) is 3. The van der Waals surface area contributed by atoms with Gasteiger partial charge in [0, 0.05) is 18.1 Å². The first kappa shape index (κ1) is 13.8. The molecule has 102 valence electrons. The Morgan fingerprint density at radius 2 is 2.00 bits per heavy atom. The van der Waals surface area contributed by atoms with E-state index in [1.165, 1.54) is 23.7 Å². The third kappa shape index (κ3) is 3.69. The van der Waals surface area contributed by atoms with E-state index in [9.17, 15) is 8.42 Å². The highest BCUT2D eigenvalue weighted by molar-refractivity contribution is 7.89. The molecule has 0 unspecified atom stereocenters. The van der Waals surface area contributed by atoms with E-state index in [0.717, 1.165) is 0 Å². The smallest absolute Gasteiger partial charge is 0.244 e. The van der Waals surface area contributed by atoms with Crippen molar-refractivity contribution in [2.75, 3.05) is 11.9 Å². The zero-order chi connectivity index (χ0) is 13.7. The van der Waals surface area contributed by atoms with Crippen LogP contribution >= 0.6 is 11.3 Å². The van der Waals surface area contributed by atoms with Crippen molar-refractivity contribution in [1.82, 2.24) is 19.7 Å². The molecule has 0 saturated heterocycles. The summed E-state index contributed by atoms with van der Waals surface area (Å²) in [7, 11) is -3.60. The molecule has 19 heavy (non-hydrogen) atoms. The molecule has 0 radical (unpaired) electrons. The Balaban J connectivity index is 2.06. The van der Waals surface area contributed by atoms with Gasteiger partial charge in [0.25, 0.3) is 0 Å². The fourth-order valence-electron chi connectivity index (χ4n) is 1.28. The van der Waals surface area contributed by atoms with Gasteiger partial charge in [0.2, 0.25) is 16.0 Å². The summed E-state index contributed by atoms with van der Waals surface area (Å²) in [6.45, 7) is 2.74. The molecular weight excluding hydrogens is 286 g/mol. The molecule has 2 heterocycles. The highest BCUT2D eigenvalue weighted by Crippen LogP contribution is 2.09. The Labute approximate surface area is 115 Å². The lowest BCUT2D eigenvalue weighted by Gasteiger charge is -2.05. The first-order valence-corrected chi connectivity index (χ1v) is 7.92. The van der Waals surface area contributed by atoms with Crippen molar-refractivity contribution >= 4 is 27.3 Å². The maximum absolute atomic E-state index is 12.0. The maximum Gasteiger partial charge on any atom is 0.244 e. The van der Waals surface area contributed by atoms with Gasteiger partial charge in [0.05, 0.1) is 18.9 Å². The van der Waals surface area contributed by atoms with Gasteiger partial charge >= 0.3 is 0 Å². The zero-order valence-corrected chi connectivity index (χ0v) is 11.8. The van der Waals surface area contributed by atoms with E-state index in [2.05, 4.69) is 25.0 Å². The first-order chi connectivity index (χ1) is 9.12. The van der Waals surface area contributed by atoms with Crippen molar-refractivity contribution in [2.24, 2.45) is 0 Å². The number of nitrogens with one attached hydrogen (secondary N) is 2. The van der Waals surface area contributed by atoms with E-state index in [1.54, 1.807) is 11.6 Å². The van der Waals surface area contributed by atoms with E-state index in [4.69, 9.17) is 0 Å². The summed E-state index contributed by atoms with van der Waals surface area (Å²) in [4.78, 5) is 11.9. The van der Waals surface area contributed by atoms with Crippen LogP contribution in [0.1, 0.15) is 11.9 Å². The lowest BCUT2D eigenvalue weighted by atomic mass is 10.6. The van der Waals surface area contributed by atoms with E-state index < -0.39 is 10.0 Å². The van der Waals surface area contributed by atoms with Gasteiger partial charge in [-0.25, -0.2) is 28.1 Å². The second-order valence-electron chi connectivity index (χ2n) is 3.52. The molecule has 0 spiro atoms. The largest absolute Gasteiger partial charge is 0.355 e. The molecule has 0 aliphatic rings. The van der Waals surface area contributed by atoms with Crippen molar-refractivity contribution in [1.29, 1.82) is 0 Å². The van der Waals surface area contributed by atoms with E-state index >= 15 is 0 Å². The molecule has 9 heteroatoms. The monoisotopic (exact) mass is 299 g/mol. The fourth-order valence-corrected chi connectivity index (χ4v) is 2.81. The third-order valence-corrected chi connectivity index (χ3v) is 4.31. The summed E-state index contributed by atoms with van der Waals surface area (Å²) < 4.78 is 26.4. The van der Waals surface area contributed by atoms with Crippen LogP contribution in [0.15, 0.2) is 28.9 Å². The average Bonchev–Trinajstić information content (AvgIpc) is 2.91. The Morgan fingerprint density at radius 1 is 1.26 bits per heavy atom. The standard InChI is InChI=1S/C10H13N5O2S2/c1-2-11-10-13-5-8(6-14-10)19(16,17)15-7-9-12-3-4-18-9/h3-6,15H,2,7H2,1H3,(H,11,13,14). The number of thiazole rings is 1. The highest BCUT2D eigenvalue weighted by atomic mass is 32.2. The Morgan fingerprint density at radius 3 is 2.58 bits per heavy atom. The molecule has 2 aromatic heterocycles. The van der Waals surface area contributed by atoms with E-state index in [0.29, 0.717) is 17.5 Å². The van der Waals surface area contributed by atoms with Gasteiger partial charge in [0.15, 0.2) is 0 Å². The van der Waals surface area contributed by atoms with Gasteiger partial charge in [-0.2, -0.15) is 0 Å². The van der Waals surface area contributed by atoms with Crippen LogP contribution in [-0.2, 0) is 16.6 Å². The molecule has 0 bridgehead atoms. The summed E-state index contributed by atoms with van der Waals surface area (Å²) in [5, 5.41) is 5.39. The van der Waals surface area contributed by atoms with Crippen LogP contribution in [-0.4, -0.2) is 29.9 Å². The van der Waals surface area contributed by atoms with Crippen LogP contribution in [0.4, 0.5) is 5.95 Å². The Hall–Kier alpha value is -1.58. The van der Waals surface area contributed by atoms with Crippen molar-refractivity contribution in [3.63, 3.8) is 0 Å². The molecule has 0 aliphatic carbocycles. The minimum Gasteiger partial charge on any atom is -0.355 e. The van der Waals surface area contributed by atoms with Crippen LogP contribution in [0.5, 0.6) is 0 Å². The van der Waals surface area contributed by atoms with E-state index in [1.807, 2.05) is 6.92 Å². The lowest BCUT2D eigenvalue weighted by Crippen LogP contribution is -2.23. The zero-order valence-electron chi connectivity index (χ0n) is 10.2. The van der Waals surface area contributed by atoms with Gasteiger partial charge < -0.3 is 5.32 Å². The first-order valence-electron chi connectivity index (χ1n) is 5.56. The average molecular weight is 299 g/mol. The van der Waals surface area contributed by atoms with Gasteiger partial charge in [-0.3, -0.25) is 0 Å². The molecular formula is C10H13N5O2S2.